The van der Waals surface area contributed by atoms with Crippen LogP contribution in [0.1, 0.15) is 27.2 Å². The summed E-state index contributed by atoms with van der Waals surface area (Å²) in [5, 5.41) is 9.80. The van der Waals surface area contributed by atoms with Gasteiger partial charge in [0.05, 0.1) is 6.10 Å². The fraction of sp³-hybridized carbons (Fsp3) is 1.00. The van der Waals surface area contributed by atoms with Gasteiger partial charge in [0.25, 0.3) is 0 Å². The lowest BCUT2D eigenvalue weighted by Gasteiger charge is -2.35. The molecule has 1 aliphatic heterocycles. The minimum absolute atomic E-state index is 0.157. The Morgan fingerprint density at radius 3 is 2.44 bits per heavy atom. The zero-order valence-corrected chi connectivity index (χ0v) is 10.7. The summed E-state index contributed by atoms with van der Waals surface area (Å²) >= 11 is 0. The van der Waals surface area contributed by atoms with Crippen molar-refractivity contribution < 1.29 is 14.6 Å². The monoisotopic (exact) mass is 231 g/mol. The first-order valence-electron chi connectivity index (χ1n) is 6.31. The minimum Gasteiger partial charge on any atom is -0.392 e. The van der Waals surface area contributed by atoms with Crippen LogP contribution in [0.4, 0.5) is 0 Å². The van der Waals surface area contributed by atoms with Gasteiger partial charge in [-0.05, 0) is 32.7 Å². The van der Waals surface area contributed by atoms with Gasteiger partial charge >= 0.3 is 0 Å². The normalized spacial score (nSPS) is 27.6. The smallest absolute Gasteiger partial charge is 0.170 e. The second-order valence-electron chi connectivity index (χ2n) is 4.43. The summed E-state index contributed by atoms with van der Waals surface area (Å²) in [6.07, 6.45) is 0.680. The lowest BCUT2D eigenvalue weighted by atomic mass is 9.96. The van der Waals surface area contributed by atoms with Crippen LogP contribution in [-0.2, 0) is 9.47 Å². The highest BCUT2D eigenvalue weighted by Crippen LogP contribution is 2.17. The van der Waals surface area contributed by atoms with E-state index >= 15 is 0 Å². The van der Waals surface area contributed by atoms with E-state index in [0.717, 1.165) is 26.1 Å². The Balaban J connectivity index is 2.33. The molecule has 0 amide bonds. The van der Waals surface area contributed by atoms with Crippen LogP contribution < -0.4 is 0 Å². The molecule has 96 valence electrons. The van der Waals surface area contributed by atoms with Crippen LogP contribution in [0.15, 0.2) is 0 Å². The average molecular weight is 231 g/mol. The van der Waals surface area contributed by atoms with Gasteiger partial charge in [0.1, 0.15) is 0 Å². The molecule has 0 aromatic rings. The molecule has 0 spiro atoms. The predicted octanol–water partition coefficient (Wildman–Crippen LogP) is 1.09. The maximum atomic E-state index is 9.80. The minimum atomic E-state index is -0.211. The molecule has 0 aliphatic carbocycles. The Morgan fingerprint density at radius 1 is 1.31 bits per heavy atom. The van der Waals surface area contributed by atoms with E-state index < -0.39 is 0 Å². The molecule has 4 heteroatoms. The first-order valence-corrected chi connectivity index (χ1v) is 6.31. The highest BCUT2D eigenvalue weighted by atomic mass is 16.7. The van der Waals surface area contributed by atoms with Gasteiger partial charge in [-0.3, -0.25) is 4.90 Å². The van der Waals surface area contributed by atoms with Gasteiger partial charge in [0, 0.05) is 26.3 Å². The van der Waals surface area contributed by atoms with Crippen LogP contribution >= 0.6 is 0 Å². The van der Waals surface area contributed by atoms with Crippen LogP contribution in [0, 0.1) is 5.92 Å². The van der Waals surface area contributed by atoms with E-state index in [9.17, 15) is 5.11 Å². The largest absolute Gasteiger partial charge is 0.392 e. The summed E-state index contributed by atoms with van der Waals surface area (Å²) in [7, 11) is 0. The third-order valence-electron chi connectivity index (χ3n) is 3.12. The summed E-state index contributed by atoms with van der Waals surface area (Å²) < 4.78 is 11.0. The molecule has 0 bridgehead atoms. The summed E-state index contributed by atoms with van der Waals surface area (Å²) in [4.78, 5) is 2.22. The van der Waals surface area contributed by atoms with Crippen molar-refractivity contribution >= 4 is 0 Å². The molecule has 4 nitrogen and oxygen atoms in total. The van der Waals surface area contributed by atoms with E-state index in [1.165, 1.54) is 0 Å². The van der Waals surface area contributed by atoms with Gasteiger partial charge < -0.3 is 14.6 Å². The van der Waals surface area contributed by atoms with Crippen molar-refractivity contribution in [3.05, 3.63) is 0 Å². The molecule has 0 aromatic carbocycles. The van der Waals surface area contributed by atoms with Crippen LogP contribution in [0.5, 0.6) is 0 Å². The van der Waals surface area contributed by atoms with Crippen molar-refractivity contribution in [2.75, 3.05) is 32.8 Å². The zero-order valence-electron chi connectivity index (χ0n) is 10.7. The molecule has 0 radical (unpaired) electrons. The van der Waals surface area contributed by atoms with E-state index in [1.807, 2.05) is 13.8 Å². The molecule has 1 aliphatic rings. The third kappa shape index (κ3) is 4.37. The van der Waals surface area contributed by atoms with Crippen molar-refractivity contribution in [2.45, 2.75) is 39.6 Å². The fourth-order valence-electron chi connectivity index (χ4n) is 2.02. The molecule has 0 unspecified atom stereocenters. The number of nitrogens with zero attached hydrogens (tertiary/aromatic N) is 1. The van der Waals surface area contributed by atoms with Gasteiger partial charge in [-0.1, -0.05) is 6.92 Å². The van der Waals surface area contributed by atoms with Crippen LogP contribution in [0.2, 0.25) is 0 Å². The van der Waals surface area contributed by atoms with E-state index in [2.05, 4.69) is 11.8 Å². The van der Waals surface area contributed by atoms with Crippen molar-refractivity contribution in [1.29, 1.82) is 0 Å². The fourth-order valence-corrected chi connectivity index (χ4v) is 2.02. The SMILES string of the molecule is CCOC(CN1CC[C@H](C)[C@@H](O)C1)OCC. The highest BCUT2D eigenvalue weighted by molar-refractivity contribution is 4.77. The van der Waals surface area contributed by atoms with E-state index in [4.69, 9.17) is 9.47 Å². The van der Waals surface area contributed by atoms with Gasteiger partial charge in [-0.2, -0.15) is 0 Å². The lowest BCUT2D eigenvalue weighted by Crippen LogP contribution is -2.46. The Morgan fingerprint density at radius 2 is 1.94 bits per heavy atom. The molecule has 0 saturated carbocycles. The van der Waals surface area contributed by atoms with Crippen LogP contribution in [0.3, 0.4) is 0 Å². The van der Waals surface area contributed by atoms with E-state index in [-0.39, 0.29) is 12.4 Å². The van der Waals surface area contributed by atoms with E-state index in [1.54, 1.807) is 0 Å². The molecular formula is C12H25NO3. The number of aliphatic hydroxyl groups is 1. The quantitative estimate of drug-likeness (QED) is 0.695. The number of likely N-dealkylation sites (tertiary alicyclic amines) is 1. The van der Waals surface area contributed by atoms with Crippen molar-refractivity contribution in [3.8, 4) is 0 Å². The number of β-amino-alcohol motifs (C(OH)–C–C–N with tert-alkyl or cyclic N) is 1. The average Bonchev–Trinajstić information content (AvgIpc) is 2.24. The van der Waals surface area contributed by atoms with Gasteiger partial charge in [-0.25, -0.2) is 0 Å². The van der Waals surface area contributed by atoms with Gasteiger partial charge in [0.15, 0.2) is 6.29 Å². The first-order chi connectivity index (χ1) is 7.67. The van der Waals surface area contributed by atoms with Crippen molar-refractivity contribution in [2.24, 2.45) is 5.92 Å². The molecule has 2 atom stereocenters. The van der Waals surface area contributed by atoms with E-state index in [0.29, 0.717) is 19.1 Å². The standard InChI is InChI=1S/C12H25NO3/c1-4-15-12(16-5-2)9-13-7-6-10(3)11(14)8-13/h10-12,14H,4-9H2,1-3H3/t10-,11-/m0/s1. The maximum Gasteiger partial charge on any atom is 0.170 e. The third-order valence-corrected chi connectivity index (χ3v) is 3.12. The topological polar surface area (TPSA) is 41.9 Å². The zero-order chi connectivity index (χ0) is 12.0. The van der Waals surface area contributed by atoms with Crippen molar-refractivity contribution in [1.82, 2.24) is 4.90 Å². The molecule has 0 aromatic heterocycles. The predicted molar refractivity (Wildman–Crippen MR) is 63.3 cm³/mol. The van der Waals surface area contributed by atoms with Gasteiger partial charge in [-0.15, -0.1) is 0 Å². The maximum absolute atomic E-state index is 9.80. The van der Waals surface area contributed by atoms with Crippen LogP contribution in [0.25, 0.3) is 0 Å². The summed E-state index contributed by atoms with van der Waals surface area (Å²) in [6.45, 7) is 9.88. The number of aliphatic hydroxyl groups excluding tert-OH is 1. The summed E-state index contributed by atoms with van der Waals surface area (Å²) in [5.74, 6) is 0.411. The van der Waals surface area contributed by atoms with Crippen molar-refractivity contribution in [3.63, 3.8) is 0 Å². The molecule has 16 heavy (non-hydrogen) atoms. The first kappa shape index (κ1) is 13.9. The molecule has 1 N–H and O–H groups in total. The Hall–Kier alpha value is -0.160. The number of rotatable bonds is 6. The molecule has 1 fully saturated rings. The Kier molecular flexibility index (Phi) is 6.28. The second kappa shape index (κ2) is 7.22. The molecule has 1 saturated heterocycles. The second-order valence-corrected chi connectivity index (χ2v) is 4.43. The number of hydrogen-bond acceptors (Lipinski definition) is 4. The van der Waals surface area contributed by atoms with Gasteiger partial charge in [0.2, 0.25) is 0 Å². The molecule has 1 heterocycles. The number of piperidine rings is 1. The number of ether oxygens (including phenoxy) is 2. The molecule has 1 rings (SSSR count). The van der Waals surface area contributed by atoms with Crippen LogP contribution in [-0.4, -0.2) is 55.2 Å². The lowest BCUT2D eigenvalue weighted by molar-refractivity contribution is -0.152. The summed E-state index contributed by atoms with van der Waals surface area (Å²) in [5.41, 5.74) is 0. The summed E-state index contributed by atoms with van der Waals surface area (Å²) in [6, 6.07) is 0. The number of hydrogen-bond donors (Lipinski definition) is 1. The Bertz CT molecular complexity index is 183. The molecular weight excluding hydrogens is 206 g/mol. The highest BCUT2D eigenvalue weighted by Gasteiger charge is 2.26. The Labute approximate surface area is 98.5 Å².